The van der Waals surface area contributed by atoms with E-state index in [9.17, 15) is 28.8 Å². The lowest BCUT2D eigenvalue weighted by atomic mass is 9.87. The zero-order valence-corrected chi connectivity index (χ0v) is 22.6. The summed E-state index contributed by atoms with van der Waals surface area (Å²) >= 11 is 0. The first kappa shape index (κ1) is 32.1. The maximum absolute atomic E-state index is 12.9. The number of hydrogen-bond donors (Lipinski definition) is 2. The largest absolute Gasteiger partial charge is 0.464 e. The molecule has 12 nitrogen and oxygen atoms in total. The summed E-state index contributed by atoms with van der Waals surface area (Å²) in [7, 11) is 0. The highest BCUT2D eigenvalue weighted by Gasteiger charge is 2.51. The summed E-state index contributed by atoms with van der Waals surface area (Å²) in [6.07, 6.45) is -0.589. The molecule has 0 heterocycles. The molecule has 0 bridgehead atoms. The van der Waals surface area contributed by atoms with E-state index in [0.717, 1.165) is 13.8 Å². The Labute approximate surface area is 221 Å². The summed E-state index contributed by atoms with van der Waals surface area (Å²) in [6, 6.07) is 6.16. The first-order valence-electron chi connectivity index (χ1n) is 12.3. The van der Waals surface area contributed by atoms with Crippen molar-refractivity contribution in [2.24, 2.45) is 0 Å². The second kappa shape index (κ2) is 14.7. The molecule has 0 saturated carbocycles. The lowest BCUT2D eigenvalue weighted by Gasteiger charge is -2.30. The number of nitrogens with one attached hydrogen (secondary N) is 2. The van der Waals surface area contributed by atoms with Crippen LogP contribution in [-0.2, 0) is 60.6 Å². The highest BCUT2D eigenvalue weighted by molar-refractivity contribution is 6.08. The van der Waals surface area contributed by atoms with Crippen molar-refractivity contribution in [3.8, 4) is 0 Å². The Balaban J connectivity index is 3.48. The second-order valence-electron chi connectivity index (χ2n) is 8.22. The van der Waals surface area contributed by atoms with Gasteiger partial charge < -0.3 is 29.6 Å². The summed E-state index contributed by atoms with van der Waals surface area (Å²) in [6.45, 7) is 8.41. The predicted octanol–water partition coefficient (Wildman–Crippen LogP) is 0.774. The predicted molar refractivity (Wildman–Crippen MR) is 133 cm³/mol. The number of esters is 4. The van der Waals surface area contributed by atoms with E-state index >= 15 is 0 Å². The molecular formula is C26H36N2O10. The van der Waals surface area contributed by atoms with E-state index in [1.54, 1.807) is 52.0 Å². The molecule has 38 heavy (non-hydrogen) atoms. The maximum atomic E-state index is 12.9. The van der Waals surface area contributed by atoms with Crippen molar-refractivity contribution in [2.75, 3.05) is 26.4 Å². The number of carbonyl (C=O) groups is 6. The molecule has 0 aromatic heterocycles. The number of ether oxygens (including phenoxy) is 4. The Kier molecular flexibility index (Phi) is 12.4. The van der Waals surface area contributed by atoms with Crippen molar-refractivity contribution >= 4 is 35.7 Å². The van der Waals surface area contributed by atoms with Crippen molar-refractivity contribution in [1.29, 1.82) is 0 Å². The van der Waals surface area contributed by atoms with Crippen molar-refractivity contribution < 1.29 is 47.7 Å². The van der Waals surface area contributed by atoms with Gasteiger partial charge in [-0.1, -0.05) is 24.3 Å². The van der Waals surface area contributed by atoms with Crippen molar-refractivity contribution in [3.05, 3.63) is 35.4 Å². The van der Waals surface area contributed by atoms with E-state index in [4.69, 9.17) is 18.9 Å². The third-order valence-corrected chi connectivity index (χ3v) is 5.24. The SMILES string of the molecule is CCOC(=O)C(Cc1ccc(CC(NC(C)=O)(C(=O)OCC)C(=O)OCC)cc1)(NC(C)=O)C(=O)OCC. The third kappa shape index (κ3) is 8.02. The molecule has 2 amide bonds. The number of rotatable bonds is 14. The van der Waals surface area contributed by atoms with Crippen molar-refractivity contribution in [3.63, 3.8) is 0 Å². The van der Waals surface area contributed by atoms with Crippen LogP contribution in [0.2, 0.25) is 0 Å². The van der Waals surface area contributed by atoms with Gasteiger partial charge in [0.1, 0.15) is 0 Å². The van der Waals surface area contributed by atoms with Gasteiger partial charge in [-0.3, -0.25) is 9.59 Å². The van der Waals surface area contributed by atoms with Gasteiger partial charge >= 0.3 is 23.9 Å². The average Bonchev–Trinajstić information content (AvgIpc) is 2.84. The van der Waals surface area contributed by atoms with Crippen LogP contribution >= 0.6 is 0 Å². The van der Waals surface area contributed by atoms with Crippen LogP contribution in [0, 0.1) is 0 Å². The zero-order valence-electron chi connectivity index (χ0n) is 22.6. The highest BCUT2D eigenvalue weighted by atomic mass is 16.6. The van der Waals surface area contributed by atoms with E-state index in [0.29, 0.717) is 11.1 Å². The van der Waals surface area contributed by atoms with Crippen LogP contribution < -0.4 is 10.6 Å². The smallest absolute Gasteiger partial charge is 0.344 e. The fourth-order valence-corrected chi connectivity index (χ4v) is 3.75. The number of amides is 2. The fourth-order valence-electron chi connectivity index (χ4n) is 3.75. The minimum absolute atomic E-state index is 0.0362. The maximum Gasteiger partial charge on any atom is 0.344 e. The molecule has 2 N–H and O–H groups in total. The topological polar surface area (TPSA) is 163 Å². The minimum Gasteiger partial charge on any atom is -0.464 e. The van der Waals surface area contributed by atoms with Crippen LogP contribution in [0.1, 0.15) is 52.7 Å². The molecule has 0 radical (unpaired) electrons. The van der Waals surface area contributed by atoms with Gasteiger partial charge in [0.05, 0.1) is 26.4 Å². The number of benzene rings is 1. The van der Waals surface area contributed by atoms with Crippen molar-refractivity contribution in [1.82, 2.24) is 10.6 Å². The normalized spacial score (nSPS) is 11.1. The summed E-state index contributed by atoms with van der Waals surface area (Å²) in [4.78, 5) is 75.4. The molecule has 1 rings (SSSR count). The Morgan fingerprint density at radius 1 is 0.553 bits per heavy atom. The lowest BCUT2D eigenvalue weighted by molar-refractivity contribution is -0.169. The Morgan fingerprint density at radius 3 is 0.974 bits per heavy atom. The van der Waals surface area contributed by atoms with Gasteiger partial charge in [0.25, 0.3) is 0 Å². The van der Waals surface area contributed by atoms with E-state index in [1.165, 1.54) is 0 Å². The molecule has 0 atom stereocenters. The molecule has 0 aliphatic heterocycles. The molecule has 1 aromatic rings. The third-order valence-electron chi connectivity index (χ3n) is 5.24. The quantitative estimate of drug-likeness (QED) is 0.197. The molecule has 0 saturated heterocycles. The zero-order chi connectivity index (χ0) is 28.9. The van der Waals surface area contributed by atoms with Crippen LogP contribution in [0.4, 0.5) is 0 Å². The summed E-state index contributed by atoms with van der Waals surface area (Å²) in [5.41, 5.74) is -3.40. The Morgan fingerprint density at radius 2 is 0.789 bits per heavy atom. The molecule has 1 aromatic carbocycles. The van der Waals surface area contributed by atoms with Gasteiger partial charge in [0.2, 0.25) is 22.9 Å². The monoisotopic (exact) mass is 536 g/mol. The molecule has 0 spiro atoms. The highest BCUT2D eigenvalue weighted by Crippen LogP contribution is 2.23. The van der Waals surface area contributed by atoms with Crippen LogP contribution in [-0.4, -0.2) is 73.2 Å². The van der Waals surface area contributed by atoms with Crippen LogP contribution in [0.25, 0.3) is 0 Å². The number of hydrogen-bond acceptors (Lipinski definition) is 10. The van der Waals surface area contributed by atoms with Crippen LogP contribution in [0.15, 0.2) is 24.3 Å². The standard InChI is InChI=1S/C26H36N2O10/c1-7-35-21(31)25(27-17(5)29,22(32)36-8-2)15-19-11-13-20(14-12-19)16-26(28-18(6)30,23(33)37-9-3)24(34)38-10-4/h11-14H,7-10,15-16H2,1-6H3,(H,27,29)(H,28,30). The van der Waals surface area contributed by atoms with E-state index in [-0.39, 0.29) is 39.3 Å². The van der Waals surface area contributed by atoms with Crippen LogP contribution in [0.5, 0.6) is 0 Å². The summed E-state index contributed by atoms with van der Waals surface area (Å²) in [5, 5.41) is 4.77. The average molecular weight is 537 g/mol. The van der Waals surface area contributed by atoms with Gasteiger partial charge in [-0.2, -0.15) is 0 Å². The van der Waals surface area contributed by atoms with E-state index in [1.807, 2.05) is 0 Å². The summed E-state index contributed by atoms with van der Waals surface area (Å²) < 4.78 is 20.3. The molecule has 12 heteroatoms. The molecule has 0 fully saturated rings. The first-order chi connectivity index (χ1) is 17.9. The summed E-state index contributed by atoms with van der Waals surface area (Å²) in [5.74, 6) is -5.21. The minimum atomic E-state index is -2.13. The van der Waals surface area contributed by atoms with Gasteiger partial charge in [0, 0.05) is 26.7 Å². The molecule has 0 aliphatic carbocycles. The molecule has 0 unspecified atom stereocenters. The van der Waals surface area contributed by atoms with Crippen molar-refractivity contribution in [2.45, 2.75) is 65.5 Å². The van der Waals surface area contributed by atoms with Gasteiger partial charge in [-0.05, 0) is 38.8 Å². The fraction of sp³-hybridized carbons (Fsp3) is 0.538. The first-order valence-corrected chi connectivity index (χ1v) is 12.3. The molecular weight excluding hydrogens is 500 g/mol. The van der Waals surface area contributed by atoms with Crippen LogP contribution in [0.3, 0.4) is 0 Å². The van der Waals surface area contributed by atoms with E-state index in [2.05, 4.69) is 10.6 Å². The Bertz CT molecular complexity index is 902. The van der Waals surface area contributed by atoms with Gasteiger partial charge in [-0.25, -0.2) is 19.2 Å². The molecule has 210 valence electrons. The Hall–Kier alpha value is -3.96. The van der Waals surface area contributed by atoms with Gasteiger partial charge in [0.15, 0.2) is 0 Å². The van der Waals surface area contributed by atoms with Gasteiger partial charge in [-0.15, -0.1) is 0 Å². The lowest BCUT2D eigenvalue weighted by Crippen LogP contribution is -2.62. The van der Waals surface area contributed by atoms with E-state index < -0.39 is 46.8 Å². The number of carbonyl (C=O) groups excluding carboxylic acids is 6. The second-order valence-corrected chi connectivity index (χ2v) is 8.22. The molecule has 0 aliphatic rings.